The van der Waals surface area contributed by atoms with Crippen molar-refractivity contribution in [1.82, 2.24) is 9.97 Å². The van der Waals surface area contributed by atoms with E-state index in [4.69, 9.17) is 9.84 Å². The van der Waals surface area contributed by atoms with Crippen LogP contribution in [0.5, 0.6) is 5.88 Å². The van der Waals surface area contributed by atoms with Crippen LogP contribution in [0.1, 0.15) is 22.2 Å². The van der Waals surface area contributed by atoms with Crippen molar-refractivity contribution in [3.8, 4) is 5.88 Å². The molecule has 1 unspecified atom stereocenters. The minimum absolute atomic E-state index is 0.00464. The summed E-state index contributed by atoms with van der Waals surface area (Å²) >= 11 is 0.869. The molecule has 1 atom stereocenters. The summed E-state index contributed by atoms with van der Waals surface area (Å²) in [6, 6.07) is 0. The molecule has 5 nitrogen and oxygen atoms in total. The highest BCUT2D eigenvalue weighted by Gasteiger charge is 2.38. The van der Waals surface area contributed by atoms with Gasteiger partial charge in [-0.1, -0.05) is 0 Å². The number of hydrogen-bond donors (Lipinski definition) is 1. The number of aromatic nitrogens is 2. The Morgan fingerprint density at radius 2 is 2.10 bits per heavy atom. The van der Waals surface area contributed by atoms with Crippen LogP contribution < -0.4 is 4.74 Å². The zero-order valence-corrected chi connectivity index (χ0v) is 11.2. The molecule has 0 amide bonds. The van der Waals surface area contributed by atoms with E-state index in [-0.39, 0.29) is 21.0 Å². The van der Waals surface area contributed by atoms with Gasteiger partial charge in [0.25, 0.3) is 0 Å². The molecule has 2 heterocycles. The minimum atomic E-state index is -4.53. The van der Waals surface area contributed by atoms with Crippen LogP contribution in [0.4, 0.5) is 13.2 Å². The van der Waals surface area contributed by atoms with Crippen molar-refractivity contribution in [3.05, 3.63) is 16.8 Å². The van der Waals surface area contributed by atoms with Crippen molar-refractivity contribution in [3.63, 3.8) is 0 Å². The topological polar surface area (TPSA) is 72.3 Å². The van der Waals surface area contributed by atoms with Crippen molar-refractivity contribution in [2.75, 3.05) is 0 Å². The van der Waals surface area contributed by atoms with Crippen LogP contribution in [-0.2, 0) is 0 Å². The summed E-state index contributed by atoms with van der Waals surface area (Å²) in [6.45, 7) is 2.34. The maximum absolute atomic E-state index is 12.5. The number of nitrogens with zero attached hydrogens (tertiary/aromatic N) is 2. The van der Waals surface area contributed by atoms with Gasteiger partial charge in [0.15, 0.2) is 6.10 Å². The number of ether oxygens (including phenoxy) is 1. The second kappa shape index (κ2) is 4.89. The Kier molecular flexibility index (Phi) is 3.55. The van der Waals surface area contributed by atoms with Gasteiger partial charge in [-0.15, -0.1) is 11.3 Å². The highest BCUT2D eigenvalue weighted by atomic mass is 32.1. The summed E-state index contributed by atoms with van der Waals surface area (Å²) in [5.41, 5.74) is 0.294. The van der Waals surface area contributed by atoms with Crippen molar-refractivity contribution < 1.29 is 27.8 Å². The molecule has 0 radical (unpaired) electrons. The van der Waals surface area contributed by atoms with E-state index < -0.39 is 18.2 Å². The zero-order valence-electron chi connectivity index (χ0n) is 10.4. The van der Waals surface area contributed by atoms with Gasteiger partial charge in [0.05, 0.1) is 5.39 Å². The summed E-state index contributed by atoms with van der Waals surface area (Å²) < 4.78 is 42.3. The third-order valence-corrected chi connectivity index (χ3v) is 3.82. The molecule has 0 spiro atoms. The first kappa shape index (κ1) is 14.5. The van der Waals surface area contributed by atoms with Gasteiger partial charge in [-0.25, -0.2) is 14.8 Å². The second-order valence-corrected chi connectivity index (χ2v) is 5.02. The first-order valence-electron chi connectivity index (χ1n) is 5.42. The Labute approximate surface area is 115 Å². The van der Waals surface area contributed by atoms with E-state index in [1.807, 2.05) is 0 Å². The Balaban J connectivity index is 2.52. The molecule has 0 aliphatic carbocycles. The summed E-state index contributed by atoms with van der Waals surface area (Å²) in [6.07, 6.45) is -5.53. The molecular formula is C11H9F3N2O3S. The highest BCUT2D eigenvalue weighted by Crippen LogP contribution is 2.35. The van der Waals surface area contributed by atoms with Gasteiger partial charge in [0, 0.05) is 0 Å². The Hall–Kier alpha value is -1.90. The lowest BCUT2D eigenvalue weighted by molar-refractivity contribution is -0.189. The number of carbonyl (C=O) groups is 1. The molecule has 0 aliphatic rings. The number of rotatable bonds is 3. The van der Waals surface area contributed by atoms with Gasteiger partial charge in [0.2, 0.25) is 5.88 Å². The third-order valence-electron chi connectivity index (χ3n) is 2.64. The van der Waals surface area contributed by atoms with E-state index in [0.29, 0.717) is 5.56 Å². The van der Waals surface area contributed by atoms with Gasteiger partial charge in [-0.05, 0) is 19.4 Å². The lowest BCUT2D eigenvalue weighted by Gasteiger charge is -2.17. The van der Waals surface area contributed by atoms with E-state index in [2.05, 4.69) is 9.97 Å². The van der Waals surface area contributed by atoms with E-state index >= 15 is 0 Å². The number of carboxylic acids is 1. The van der Waals surface area contributed by atoms with Gasteiger partial charge < -0.3 is 9.84 Å². The van der Waals surface area contributed by atoms with Gasteiger partial charge in [0.1, 0.15) is 16.0 Å². The Bertz CT molecular complexity index is 669. The van der Waals surface area contributed by atoms with Crippen LogP contribution in [0.2, 0.25) is 0 Å². The molecular weight excluding hydrogens is 297 g/mol. The number of halogens is 3. The lowest BCUT2D eigenvalue weighted by atomic mass is 10.2. The summed E-state index contributed by atoms with van der Waals surface area (Å²) in [5, 5.41) is 9.21. The van der Waals surface area contributed by atoms with Crippen LogP contribution in [0.15, 0.2) is 6.33 Å². The average molecular weight is 306 g/mol. The number of hydrogen-bond acceptors (Lipinski definition) is 5. The Morgan fingerprint density at radius 3 is 2.65 bits per heavy atom. The van der Waals surface area contributed by atoms with Crippen molar-refractivity contribution in [1.29, 1.82) is 0 Å². The molecule has 20 heavy (non-hydrogen) atoms. The molecule has 1 N–H and O–H groups in total. The summed E-state index contributed by atoms with van der Waals surface area (Å²) in [5.74, 6) is -1.43. The van der Waals surface area contributed by atoms with Crippen molar-refractivity contribution in [2.24, 2.45) is 0 Å². The third kappa shape index (κ3) is 2.53. The molecule has 9 heteroatoms. The predicted octanol–water partition coefficient (Wildman–Crippen LogP) is 3.03. The van der Waals surface area contributed by atoms with Gasteiger partial charge >= 0.3 is 12.1 Å². The summed E-state index contributed by atoms with van der Waals surface area (Å²) in [7, 11) is 0. The van der Waals surface area contributed by atoms with Crippen molar-refractivity contribution >= 4 is 27.5 Å². The smallest absolute Gasteiger partial charge is 0.425 e. The van der Waals surface area contributed by atoms with Gasteiger partial charge in [-0.2, -0.15) is 13.2 Å². The fraction of sp³-hybridized carbons (Fsp3) is 0.364. The predicted molar refractivity (Wildman–Crippen MR) is 65.3 cm³/mol. The molecule has 0 fully saturated rings. The van der Waals surface area contributed by atoms with Crippen LogP contribution in [0.3, 0.4) is 0 Å². The van der Waals surface area contributed by atoms with E-state index in [0.717, 1.165) is 24.6 Å². The standard InChI is InChI=1S/C11H9F3N2O3S/c1-4-6-8(19-5(2)11(12,13)14)15-3-16-9(6)20-7(4)10(17)18/h3,5H,1-2H3,(H,17,18). The number of alkyl halides is 3. The molecule has 2 rings (SSSR count). The molecule has 0 aliphatic heterocycles. The fourth-order valence-corrected chi connectivity index (χ4v) is 2.55. The molecule has 2 aromatic heterocycles. The zero-order chi connectivity index (χ0) is 15.1. The van der Waals surface area contributed by atoms with Crippen LogP contribution in [0.25, 0.3) is 10.2 Å². The quantitative estimate of drug-likeness (QED) is 0.943. The minimum Gasteiger partial charge on any atom is -0.477 e. The molecule has 0 saturated carbocycles. The second-order valence-electron chi connectivity index (χ2n) is 4.02. The first-order valence-corrected chi connectivity index (χ1v) is 6.24. The lowest BCUT2D eigenvalue weighted by Crippen LogP contribution is -2.31. The summed E-state index contributed by atoms with van der Waals surface area (Å²) in [4.78, 5) is 18.8. The normalized spacial score (nSPS) is 13.4. The van der Waals surface area contributed by atoms with E-state index in [1.54, 1.807) is 0 Å². The average Bonchev–Trinajstić information content (AvgIpc) is 2.67. The van der Waals surface area contributed by atoms with E-state index in [9.17, 15) is 18.0 Å². The van der Waals surface area contributed by atoms with Crippen LogP contribution >= 0.6 is 11.3 Å². The maximum atomic E-state index is 12.5. The SMILES string of the molecule is Cc1c(C(=O)O)sc2ncnc(OC(C)C(F)(F)F)c12. The van der Waals surface area contributed by atoms with Crippen molar-refractivity contribution in [2.45, 2.75) is 26.1 Å². The molecule has 0 aromatic carbocycles. The number of carboxylic acid groups (broad SMARTS) is 1. The molecule has 2 aromatic rings. The maximum Gasteiger partial charge on any atom is 0.425 e. The van der Waals surface area contributed by atoms with Crippen LogP contribution in [-0.4, -0.2) is 33.3 Å². The number of fused-ring (bicyclic) bond motifs is 1. The molecule has 108 valence electrons. The van der Waals surface area contributed by atoms with Crippen LogP contribution in [0, 0.1) is 6.92 Å². The first-order chi connectivity index (χ1) is 9.21. The number of thiophene rings is 1. The largest absolute Gasteiger partial charge is 0.477 e. The van der Waals surface area contributed by atoms with E-state index in [1.165, 1.54) is 6.92 Å². The highest BCUT2D eigenvalue weighted by molar-refractivity contribution is 7.20. The number of aryl methyl sites for hydroxylation is 1. The molecule has 0 bridgehead atoms. The monoisotopic (exact) mass is 306 g/mol. The van der Waals surface area contributed by atoms with Gasteiger partial charge in [-0.3, -0.25) is 0 Å². The number of aromatic carboxylic acids is 1. The fourth-order valence-electron chi connectivity index (χ4n) is 1.57. The Morgan fingerprint density at radius 1 is 1.45 bits per heavy atom. The molecule has 0 saturated heterocycles.